The van der Waals surface area contributed by atoms with Gasteiger partial charge in [0, 0.05) is 6.42 Å². The molecule has 0 heterocycles. The van der Waals surface area contributed by atoms with Crippen LogP contribution in [0, 0.1) is 5.92 Å². The predicted octanol–water partition coefficient (Wildman–Crippen LogP) is 1.60. The molecule has 0 aromatic heterocycles. The Hall–Kier alpha value is -0.370. The summed E-state index contributed by atoms with van der Waals surface area (Å²) in [4.78, 5) is 11.1. The van der Waals surface area contributed by atoms with Crippen molar-refractivity contribution in [2.75, 3.05) is 13.1 Å². The number of hydrogen-bond acceptors (Lipinski definition) is 2. The Labute approximate surface area is 69.4 Å². The van der Waals surface area contributed by atoms with Gasteiger partial charge in [-0.2, -0.15) is 0 Å². The second-order valence-electron chi connectivity index (χ2n) is 3.04. The minimum atomic E-state index is 0.334. The van der Waals surface area contributed by atoms with Crippen molar-refractivity contribution >= 4 is 5.78 Å². The van der Waals surface area contributed by atoms with E-state index in [0.29, 0.717) is 18.2 Å². The largest absolute Gasteiger partial charge is 0.310 e. The maximum atomic E-state index is 11.1. The van der Waals surface area contributed by atoms with E-state index >= 15 is 0 Å². The third-order valence-electron chi connectivity index (χ3n) is 1.85. The molecule has 0 rings (SSSR count). The van der Waals surface area contributed by atoms with Crippen molar-refractivity contribution in [1.29, 1.82) is 0 Å². The fourth-order valence-corrected chi connectivity index (χ4v) is 0.870. The summed E-state index contributed by atoms with van der Waals surface area (Å²) in [6.07, 6.45) is 1.82. The number of nitrogens with one attached hydrogen (secondary N) is 1. The van der Waals surface area contributed by atoms with Crippen LogP contribution in [0.4, 0.5) is 0 Å². The molecule has 0 aliphatic carbocycles. The number of carbonyl (C=O) groups excluding carboxylic acids is 1. The summed E-state index contributed by atoms with van der Waals surface area (Å²) in [5.74, 6) is 0.877. The highest BCUT2D eigenvalue weighted by Crippen LogP contribution is 2.05. The summed E-state index contributed by atoms with van der Waals surface area (Å²) in [5.41, 5.74) is 0. The number of Topliss-reactive ketones (excluding diaryl/α,β-unsaturated/α-hetero) is 1. The molecule has 0 aromatic carbocycles. The van der Waals surface area contributed by atoms with Gasteiger partial charge in [-0.15, -0.1) is 0 Å². The quantitative estimate of drug-likeness (QED) is 0.634. The van der Waals surface area contributed by atoms with Crippen molar-refractivity contribution in [3.8, 4) is 0 Å². The average molecular weight is 157 g/mol. The zero-order valence-corrected chi connectivity index (χ0v) is 7.81. The van der Waals surface area contributed by atoms with E-state index in [1.165, 1.54) is 0 Å². The first-order chi connectivity index (χ1) is 5.20. The van der Waals surface area contributed by atoms with Gasteiger partial charge in [0.1, 0.15) is 5.78 Å². The standard InChI is InChI=1S/C9H19NO/c1-4-8(3)6-9(11)7-10-5-2/h8,10H,4-7H2,1-3H3. The van der Waals surface area contributed by atoms with Crippen LogP contribution in [0.5, 0.6) is 0 Å². The van der Waals surface area contributed by atoms with Crippen molar-refractivity contribution in [2.45, 2.75) is 33.6 Å². The van der Waals surface area contributed by atoms with Crippen LogP contribution in [-0.4, -0.2) is 18.9 Å². The van der Waals surface area contributed by atoms with Crippen molar-refractivity contribution in [3.05, 3.63) is 0 Å². The molecule has 0 aliphatic heterocycles. The highest BCUT2D eigenvalue weighted by atomic mass is 16.1. The second-order valence-corrected chi connectivity index (χ2v) is 3.04. The SMILES string of the molecule is CCNCC(=O)CC(C)CC. The first-order valence-corrected chi connectivity index (χ1v) is 4.43. The summed E-state index contributed by atoms with van der Waals surface area (Å²) in [5, 5.41) is 3.03. The smallest absolute Gasteiger partial charge is 0.146 e. The van der Waals surface area contributed by atoms with Gasteiger partial charge in [0.2, 0.25) is 0 Å². The lowest BCUT2D eigenvalue weighted by molar-refractivity contribution is -0.119. The van der Waals surface area contributed by atoms with Crippen LogP contribution >= 0.6 is 0 Å². The third-order valence-corrected chi connectivity index (χ3v) is 1.85. The van der Waals surface area contributed by atoms with Crippen LogP contribution in [0.15, 0.2) is 0 Å². The van der Waals surface area contributed by atoms with Gasteiger partial charge in [0.25, 0.3) is 0 Å². The first-order valence-electron chi connectivity index (χ1n) is 4.43. The summed E-state index contributed by atoms with van der Waals surface area (Å²) < 4.78 is 0. The topological polar surface area (TPSA) is 29.1 Å². The minimum Gasteiger partial charge on any atom is -0.310 e. The molecule has 2 nitrogen and oxygen atoms in total. The highest BCUT2D eigenvalue weighted by molar-refractivity contribution is 5.80. The normalized spacial score (nSPS) is 13.0. The summed E-state index contributed by atoms with van der Waals surface area (Å²) >= 11 is 0. The number of ketones is 1. The Bertz CT molecular complexity index is 112. The van der Waals surface area contributed by atoms with E-state index in [-0.39, 0.29) is 0 Å². The number of likely N-dealkylation sites (N-methyl/N-ethyl adjacent to an activating group) is 1. The molecule has 11 heavy (non-hydrogen) atoms. The van der Waals surface area contributed by atoms with Crippen LogP contribution in [0.2, 0.25) is 0 Å². The molecule has 0 aromatic rings. The van der Waals surface area contributed by atoms with Crippen molar-refractivity contribution in [1.82, 2.24) is 5.32 Å². The van der Waals surface area contributed by atoms with Crippen LogP contribution in [0.25, 0.3) is 0 Å². The van der Waals surface area contributed by atoms with E-state index in [2.05, 4.69) is 19.2 Å². The summed E-state index contributed by atoms with van der Waals surface area (Å²) in [6, 6.07) is 0. The molecule has 1 atom stereocenters. The second kappa shape index (κ2) is 6.35. The van der Waals surface area contributed by atoms with Gasteiger partial charge in [-0.3, -0.25) is 4.79 Å². The van der Waals surface area contributed by atoms with Gasteiger partial charge in [0.05, 0.1) is 6.54 Å². The van der Waals surface area contributed by atoms with Crippen LogP contribution in [0.1, 0.15) is 33.6 Å². The predicted molar refractivity (Wildman–Crippen MR) is 47.6 cm³/mol. The lowest BCUT2D eigenvalue weighted by Crippen LogP contribution is -2.23. The van der Waals surface area contributed by atoms with E-state index in [1.807, 2.05) is 6.92 Å². The van der Waals surface area contributed by atoms with Crippen molar-refractivity contribution < 1.29 is 4.79 Å². The third kappa shape index (κ3) is 6.05. The lowest BCUT2D eigenvalue weighted by atomic mass is 10.0. The lowest BCUT2D eigenvalue weighted by Gasteiger charge is -2.06. The van der Waals surface area contributed by atoms with E-state index in [0.717, 1.165) is 19.4 Å². The Kier molecular flexibility index (Phi) is 6.13. The first kappa shape index (κ1) is 10.6. The van der Waals surface area contributed by atoms with E-state index in [4.69, 9.17) is 0 Å². The monoisotopic (exact) mass is 157 g/mol. The Balaban J connectivity index is 3.36. The molecule has 2 heteroatoms. The Morgan fingerprint density at radius 1 is 1.45 bits per heavy atom. The minimum absolute atomic E-state index is 0.334. The van der Waals surface area contributed by atoms with Gasteiger partial charge < -0.3 is 5.32 Å². The molecule has 1 unspecified atom stereocenters. The van der Waals surface area contributed by atoms with E-state index in [9.17, 15) is 4.79 Å². The van der Waals surface area contributed by atoms with E-state index < -0.39 is 0 Å². The molecule has 0 aliphatic rings. The number of hydrogen-bond donors (Lipinski definition) is 1. The highest BCUT2D eigenvalue weighted by Gasteiger charge is 2.05. The zero-order valence-electron chi connectivity index (χ0n) is 7.81. The fraction of sp³-hybridized carbons (Fsp3) is 0.889. The van der Waals surface area contributed by atoms with Crippen LogP contribution < -0.4 is 5.32 Å². The maximum absolute atomic E-state index is 11.1. The Morgan fingerprint density at radius 3 is 2.55 bits per heavy atom. The molecular weight excluding hydrogens is 138 g/mol. The molecule has 0 saturated heterocycles. The molecule has 0 spiro atoms. The van der Waals surface area contributed by atoms with Crippen molar-refractivity contribution in [3.63, 3.8) is 0 Å². The average Bonchev–Trinajstić information content (AvgIpc) is 2.00. The van der Waals surface area contributed by atoms with Gasteiger partial charge in [-0.05, 0) is 12.5 Å². The van der Waals surface area contributed by atoms with Crippen LogP contribution in [-0.2, 0) is 4.79 Å². The summed E-state index contributed by atoms with van der Waals surface area (Å²) in [6.45, 7) is 7.67. The van der Waals surface area contributed by atoms with Gasteiger partial charge >= 0.3 is 0 Å². The number of rotatable bonds is 6. The molecule has 0 radical (unpaired) electrons. The molecule has 0 fully saturated rings. The molecular formula is C9H19NO. The zero-order chi connectivity index (χ0) is 8.69. The van der Waals surface area contributed by atoms with Crippen molar-refractivity contribution in [2.24, 2.45) is 5.92 Å². The molecule has 0 saturated carbocycles. The van der Waals surface area contributed by atoms with Gasteiger partial charge in [-0.25, -0.2) is 0 Å². The van der Waals surface area contributed by atoms with E-state index in [1.54, 1.807) is 0 Å². The maximum Gasteiger partial charge on any atom is 0.146 e. The van der Waals surface area contributed by atoms with Gasteiger partial charge in [0.15, 0.2) is 0 Å². The summed E-state index contributed by atoms with van der Waals surface area (Å²) in [7, 11) is 0. The molecule has 1 N–H and O–H groups in total. The molecule has 66 valence electrons. The van der Waals surface area contributed by atoms with Gasteiger partial charge in [-0.1, -0.05) is 27.2 Å². The molecule has 0 bridgehead atoms. The molecule has 0 amide bonds. The Morgan fingerprint density at radius 2 is 2.09 bits per heavy atom. The number of carbonyl (C=O) groups is 1. The van der Waals surface area contributed by atoms with Crippen LogP contribution in [0.3, 0.4) is 0 Å². The fourth-order valence-electron chi connectivity index (χ4n) is 0.870.